The van der Waals surface area contributed by atoms with Crippen LogP contribution in [0.3, 0.4) is 0 Å². The number of likely N-dealkylation sites (N-methyl/N-ethyl adjacent to an activating group) is 1. The number of aliphatic hydroxyl groups is 2. The molecule has 0 heterocycles. The van der Waals surface area contributed by atoms with Crippen molar-refractivity contribution in [3.05, 3.63) is 0 Å². The predicted molar refractivity (Wildman–Crippen MR) is 40.8 cm³/mol. The number of hydrogen-bond acceptors (Lipinski definition) is 3. The molecule has 3 N–H and O–H groups in total. The van der Waals surface area contributed by atoms with E-state index in [1.165, 1.54) is 0 Å². The Morgan fingerprint density at radius 3 is 2.20 bits per heavy atom. The lowest BCUT2D eigenvalue weighted by Gasteiger charge is -2.31. The predicted octanol–water partition coefficient (Wildman–Crippen LogP) is -0.272. The summed E-state index contributed by atoms with van der Waals surface area (Å²) in [6, 6.07) is 0. The molecule has 62 valence electrons. The SMILES string of the molecule is CCNC(C)(CO)C(C)O. The zero-order valence-corrected chi connectivity index (χ0v) is 6.89. The third kappa shape index (κ3) is 2.25. The molecule has 0 aromatic carbocycles. The highest BCUT2D eigenvalue weighted by molar-refractivity contribution is 4.86. The van der Waals surface area contributed by atoms with E-state index in [9.17, 15) is 5.11 Å². The average Bonchev–Trinajstić information content (AvgIpc) is 1.88. The Morgan fingerprint density at radius 2 is 2.10 bits per heavy atom. The summed E-state index contributed by atoms with van der Waals surface area (Å²) < 4.78 is 0. The maximum atomic E-state index is 9.18. The molecule has 0 fully saturated rings. The van der Waals surface area contributed by atoms with E-state index in [2.05, 4.69) is 5.32 Å². The van der Waals surface area contributed by atoms with Gasteiger partial charge in [0.05, 0.1) is 18.2 Å². The van der Waals surface area contributed by atoms with E-state index in [1.807, 2.05) is 6.92 Å². The smallest absolute Gasteiger partial charge is 0.0713 e. The molecule has 0 aliphatic rings. The lowest BCUT2D eigenvalue weighted by atomic mass is 9.97. The first kappa shape index (κ1) is 9.88. The van der Waals surface area contributed by atoms with Gasteiger partial charge in [-0.15, -0.1) is 0 Å². The van der Waals surface area contributed by atoms with Crippen LogP contribution in [0, 0.1) is 0 Å². The van der Waals surface area contributed by atoms with E-state index in [-0.39, 0.29) is 6.61 Å². The van der Waals surface area contributed by atoms with Crippen LogP contribution < -0.4 is 5.32 Å². The molecular formula is C7H17NO2. The van der Waals surface area contributed by atoms with Gasteiger partial charge in [0.1, 0.15) is 0 Å². The minimum atomic E-state index is -0.547. The Kier molecular flexibility index (Phi) is 3.86. The fourth-order valence-electron chi connectivity index (χ4n) is 0.740. The standard InChI is InChI=1S/C7H17NO2/c1-4-8-7(3,5-9)6(2)10/h6,8-10H,4-5H2,1-3H3. The Hall–Kier alpha value is -0.120. The van der Waals surface area contributed by atoms with Gasteiger partial charge >= 0.3 is 0 Å². The van der Waals surface area contributed by atoms with Gasteiger partial charge in [-0.05, 0) is 20.4 Å². The molecule has 0 bridgehead atoms. The van der Waals surface area contributed by atoms with Crippen LogP contribution in [0.5, 0.6) is 0 Å². The topological polar surface area (TPSA) is 52.5 Å². The van der Waals surface area contributed by atoms with Gasteiger partial charge in [-0.3, -0.25) is 0 Å². The maximum Gasteiger partial charge on any atom is 0.0713 e. The monoisotopic (exact) mass is 147 g/mol. The summed E-state index contributed by atoms with van der Waals surface area (Å²) in [5.41, 5.74) is -0.547. The van der Waals surface area contributed by atoms with E-state index >= 15 is 0 Å². The van der Waals surface area contributed by atoms with Crippen molar-refractivity contribution in [2.24, 2.45) is 0 Å². The van der Waals surface area contributed by atoms with Gasteiger partial charge in [-0.2, -0.15) is 0 Å². The van der Waals surface area contributed by atoms with Gasteiger partial charge in [0.2, 0.25) is 0 Å². The molecule has 3 heteroatoms. The van der Waals surface area contributed by atoms with Gasteiger partial charge in [-0.1, -0.05) is 6.92 Å². The maximum absolute atomic E-state index is 9.18. The third-order valence-corrected chi connectivity index (χ3v) is 1.83. The fraction of sp³-hybridized carbons (Fsp3) is 1.00. The van der Waals surface area contributed by atoms with E-state index in [1.54, 1.807) is 13.8 Å². The van der Waals surface area contributed by atoms with Crippen LogP contribution in [0.2, 0.25) is 0 Å². The van der Waals surface area contributed by atoms with Crippen LogP contribution in [0.1, 0.15) is 20.8 Å². The summed E-state index contributed by atoms with van der Waals surface area (Å²) in [5, 5.41) is 21.1. The minimum Gasteiger partial charge on any atom is -0.394 e. The zero-order valence-electron chi connectivity index (χ0n) is 6.89. The summed E-state index contributed by atoms with van der Waals surface area (Å²) in [7, 11) is 0. The molecule has 0 aromatic heterocycles. The Labute approximate surface area is 62.1 Å². The largest absolute Gasteiger partial charge is 0.394 e. The molecular weight excluding hydrogens is 130 g/mol. The van der Waals surface area contributed by atoms with E-state index < -0.39 is 11.6 Å². The minimum absolute atomic E-state index is 0.0431. The number of rotatable bonds is 4. The molecule has 0 saturated heterocycles. The Morgan fingerprint density at radius 1 is 1.60 bits per heavy atom. The summed E-state index contributed by atoms with van der Waals surface area (Å²) in [4.78, 5) is 0. The van der Waals surface area contributed by atoms with Gasteiger partial charge in [-0.25, -0.2) is 0 Å². The molecule has 2 unspecified atom stereocenters. The molecule has 0 spiro atoms. The van der Waals surface area contributed by atoms with Gasteiger partial charge in [0, 0.05) is 0 Å². The second kappa shape index (κ2) is 3.91. The number of aliphatic hydroxyl groups excluding tert-OH is 2. The second-order valence-corrected chi connectivity index (χ2v) is 2.78. The van der Waals surface area contributed by atoms with Crippen LogP contribution in [0.25, 0.3) is 0 Å². The van der Waals surface area contributed by atoms with Gasteiger partial charge in [0.25, 0.3) is 0 Å². The van der Waals surface area contributed by atoms with Crippen molar-refractivity contribution in [3.8, 4) is 0 Å². The number of nitrogens with one attached hydrogen (secondary N) is 1. The molecule has 0 aliphatic heterocycles. The Bertz CT molecular complexity index is 95.6. The highest BCUT2D eigenvalue weighted by atomic mass is 16.3. The van der Waals surface area contributed by atoms with Gasteiger partial charge in [0.15, 0.2) is 0 Å². The summed E-state index contributed by atoms with van der Waals surface area (Å²) in [5.74, 6) is 0. The summed E-state index contributed by atoms with van der Waals surface area (Å²) >= 11 is 0. The van der Waals surface area contributed by atoms with Crippen molar-refractivity contribution < 1.29 is 10.2 Å². The average molecular weight is 147 g/mol. The van der Waals surface area contributed by atoms with E-state index in [0.717, 1.165) is 6.54 Å². The molecule has 0 aliphatic carbocycles. The second-order valence-electron chi connectivity index (χ2n) is 2.78. The van der Waals surface area contributed by atoms with E-state index in [0.29, 0.717) is 0 Å². The lowest BCUT2D eigenvalue weighted by Crippen LogP contribution is -2.53. The lowest BCUT2D eigenvalue weighted by molar-refractivity contribution is 0.0428. The first-order valence-electron chi connectivity index (χ1n) is 3.60. The zero-order chi connectivity index (χ0) is 8.20. The van der Waals surface area contributed by atoms with Crippen molar-refractivity contribution in [2.45, 2.75) is 32.4 Å². The van der Waals surface area contributed by atoms with E-state index in [4.69, 9.17) is 5.11 Å². The summed E-state index contributed by atoms with van der Waals surface area (Å²) in [6.07, 6.45) is -0.530. The van der Waals surface area contributed by atoms with Crippen molar-refractivity contribution in [1.82, 2.24) is 5.32 Å². The fourth-order valence-corrected chi connectivity index (χ4v) is 0.740. The third-order valence-electron chi connectivity index (χ3n) is 1.83. The normalized spacial score (nSPS) is 20.1. The molecule has 0 saturated carbocycles. The molecule has 3 nitrogen and oxygen atoms in total. The molecule has 0 amide bonds. The van der Waals surface area contributed by atoms with Crippen molar-refractivity contribution >= 4 is 0 Å². The highest BCUT2D eigenvalue weighted by Crippen LogP contribution is 2.07. The summed E-state index contributed by atoms with van der Waals surface area (Å²) in [6.45, 7) is 6.11. The molecule has 2 atom stereocenters. The van der Waals surface area contributed by atoms with Crippen LogP contribution in [-0.4, -0.2) is 35.0 Å². The van der Waals surface area contributed by atoms with Crippen LogP contribution >= 0.6 is 0 Å². The van der Waals surface area contributed by atoms with Crippen molar-refractivity contribution in [1.29, 1.82) is 0 Å². The molecule has 0 radical (unpaired) electrons. The molecule has 0 rings (SSSR count). The molecule has 10 heavy (non-hydrogen) atoms. The number of hydrogen-bond donors (Lipinski definition) is 3. The van der Waals surface area contributed by atoms with Crippen LogP contribution in [0.15, 0.2) is 0 Å². The van der Waals surface area contributed by atoms with Crippen molar-refractivity contribution in [2.75, 3.05) is 13.2 Å². The van der Waals surface area contributed by atoms with Crippen LogP contribution in [0.4, 0.5) is 0 Å². The Balaban J connectivity index is 3.94. The first-order chi connectivity index (χ1) is 4.56. The molecule has 0 aromatic rings. The van der Waals surface area contributed by atoms with Crippen LogP contribution in [-0.2, 0) is 0 Å². The van der Waals surface area contributed by atoms with Gasteiger partial charge < -0.3 is 15.5 Å². The first-order valence-corrected chi connectivity index (χ1v) is 3.60. The van der Waals surface area contributed by atoms with Crippen molar-refractivity contribution in [3.63, 3.8) is 0 Å². The quantitative estimate of drug-likeness (QED) is 0.513. The highest BCUT2D eigenvalue weighted by Gasteiger charge is 2.27.